The van der Waals surface area contributed by atoms with Gasteiger partial charge in [0.1, 0.15) is 11.6 Å². The Morgan fingerprint density at radius 1 is 1.13 bits per heavy atom. The van der Waals surface area contributed by atoms with Gasteiger partial charge in [0.25, 0.3) is 5.91 Å². The van der Waals surface area contributed by atoms with E-state index in [1.165, 1.54) is 18.2 Å². The molecule has 1 aromatic heterocycles. The molecule has 0 spiro atoms. The van der Waals surface area contributed by atoms with Gasteiger partial charge in [0, 0.05) is 5.56 Å². The second kappa shape index (κ2) is 6.69. The van der Waals surface area contributed by atoms with Crippen molar-refractivity contribution in [3.05, 3.63) is 60.4 Å². The van der Waals surface area contributed by atoms with E-state index in [0.29, 0.717) is 11.3 Å². The van der Waals surface area contributed by atoms with E-state index in [-0.39, 0.29) is 18.5 Å². The fourth-order valence-corrected chi connectivity index (χ4v) is 1.83. The van der Waals surface area contributed by atoms with E-state index in [4.69, 9.17) is 9.15 Å². The lowest BCUT2D eigenvalue weighted by atomic mass is 10.2. The summed E-state index contributed by atoms with van der Waals surface area (Å²) in [5, 5.41) is 9.87. The van der Waals surface area contributed by atoms with Crippen molar-refractivity contribution in [2.45, 2.75) is 0 Å². The summed E-state index contributed by atoms with van der Waals surface area (Å²) in [5.74, 6) is -0.164. The Bertz CT molecular complexity index is 805. The molecule has 116 valence electrons. The maximum atomic E-state index is 13.2. The summed E-state index contributed by atoms with van der Waals surface area (Å²) >= 11 is 0. The van der Waals surface area contributed by atoms with Crippen molar-refractivity contribution in [3.8, 4) is 17.2 Å². The van der Waals surface area contributed by atoms with Gasteiger partial charge >= 0.3 is 6.01 Å². The Balaban J connectivity index is 1.59. The molecule has 2 aromatic carbocycles. The predicted molar refractivity (Wildman–Crippen MR) is 80.3 cm³/mol. The Morgan fingerprint density at radius 3 is 2.74 bits per heavy atom. The number of nitrogens with one attached hydrogen (secondary N) is 1. The first-order valence-corrected chi connectivity index (χ1v) is 6.78. The molecule has 0 aliphatic rings. The zero-order valence-corrected chi connectivity index (χ0v) is 11.9. The van der Waals surface area contributed by atoms with Crippen molar-refractivity contribution in [3.63, 3.8) is 0 Å². The fourth-order valence-electron chi connectivity index (χ4n) is 1.83. The molecule has 3 rings (SSSR count). The number of ether oxygens (including phenoxy) is 1. The lowest BCUT2D eigenvalue weighted by molar-refractivity contribution is -0.118. The molecule has 7 heteroatoms. The Kier molecular flexibility index (Phi) is 4.28. The van der Waals surface area contributed by atoms with Gasteiger partial charge in [-0.3, -0.25) is 10.1 Å². The molecular formula is C16H12FN3O3. The fraction of sp³-hybridized carbons (Fsp3) is 0.0625. The lowest BCUT2D eigenvalue weighted by Crippen LogP contribution is -2.20. The maximum absolute atomic E-state index is 13.2. The molecule has 1 amide bonds. The second-order valence-corrected chi connectivity index (χ2v) is 4.57. The SMILES string of the molecule is O=C(COc1ccccc1)Nc1nnc(-c2cccc(F)c2)o1. The highest BCUT2D eigenvalue weighted by Gasteiger charge is 2.12. The monoisotopic (exact) mass is 313 g/mol. The van der Waals surface area contributed by atoms with Crippen LogP contribution in [0.25, 0.3) is 11.5 Å². The number of halogens is 1. The third-order valence-electron chi connectivity index (χ3n) is 2.86. The highest BCUT2D eigenvalue weighted by atomic mass is 19.1. The summed E-state index contributed by atoms with van der Waals surface area (Å²) in [5.41, 5.74) is 0.429. The molecule has 0 radical (unpaired) electrons. The van der Waals surface area contributed by atoms with Gasteiger partial charge in [-0.15, -0.1) is 5.10 Å². The predicted octanol–water partition coefficient (Wildman–Crippen LogP) is 2.89. The van der Waals surface area contributed by atoms with Gasteiger partial charge in [-0.1, -0.05) is 29.4 Å². The first-order chi connectivity index (χ1) is 11.2. The van der Waals surface area contributed by atoms with Gasteiger partial charge in [-0.2, -0.15) is 0 Å². The first-order valence-electron chi connectivity index (χ1n) is 6.78. The summed E-state index contributed by atoms with van der Waals surface area (Å²) in [4.78, 5) is 11.8. The van der Waals surface area contributed by atoms with E-state index in [1.807, 2.05) is 6.07 Å². The maximum Gasteiger partial charge on any atom is 0.322 e. The van der Waals surface area contributed by atoms with Gasteiger partial charge < -0.3 is 9.15 Å². The van der Waals surface area contributed by atoms with Crippen LogP contribution in [0.15, 0.2) is 59.0 Å². The van der Waals surface area contributed by atoms with Crippen LogP contribution in [0.4, 0.5) is 10.4 Å². The van der Waals surface area contributed by atoms with Crippen LogP contribution in [0.2, 0.25) is 0 Å². The van der Waals surface area contributed by atoms with Crippen molar-refractivity contribution in [1.29, 1.82) is 0 Å². The number of carbonyl (C=O) groups is 1. The Labute approximate surface area is 130 Å². The number of amides is 1. The van der Waals surface area contributed by atoms with Gasteiger partial charge in [0.15, 0.2) is 6.61 Å². The summed E-state index contributed by atoms with van der Waals surface area (Å²) in [6.07, 6.45) is 0. The highest BCUT2D eigenvalue weighted by Crippen LogP contribution is 2.20. The second-order valence-electron chi connectivity index (χ2n) is 4.57. The summed E-state index contributed by atoms with van der Waals surface area (Å²) < 4.78 is 23.7. The molecule has 0 saturated heterocycles. The average molecular weight is 313 g/mol. The molecule has 0 aliphatic heterocycles. The minimum absolute atomic E-state index is 0.0778. The number of hydrogen-bond acceptors (Lipinski definition) is 5. The number of aromatic nitrogens is 2. The summed E-state index contributed by atoms with van der Waals surface area (Å²) in [6, 6.07) is 14.6. The van der Waals surface area contributed by atoms with Crippen molar-refractivity contribution in [2.24, 2.45) is 0 Å². The third kappa shape index (κ3) is 3.91. The molecule has 0 saturated carbocycles. The number of rotatable bonds is 5. The number of nitrogens with zero attached hydrogens (tertiary/aromatic N) is 2. The van der Waals surface area contributed by atoms with Crippen LogP contribution in [-0.4, -0.2) is 22.7 Å². The number of hydrogen-bond donors (Lipinski definition) is 1. The first kappa shape index (κ1) is 14.7. The normalized spacial score (nSPS) is 10.3. The average Bonchev–Trinajstić information content (AvgIpc) is 3.02. The van der Waals surface area contributed by atoms with Crippen LogP contribution in [0.3, 0.4) is 0 Å². The van der Waals surface area contributed by atoms with Crippen LogP contribution >= 0.6 is 0 Å². The van der Waals surface area contributed by atoms with Gasteiger partial charge in [0.2, 0.25) is 5.89 Å². The highest BCUT2D eigenvalue weighted by molar-refractivity contribution is 5.89. The van der Waals surface area contributed by atoms with E-state index in [9.17, 15) is 9.18 Å². The van der Waals surface area contributed by atoms with Crippen molar-refractivity contribution < 1.29 is 18.3 Å². The number of anilines is 1. The van der Waals surface area contributed by atoms with Crippen LogP contribution < -0.4 is 10.1 Å². The zero-order chi connectivity index (χ0) is 16.1. The molecule has 23 heavy (non-hydrogen) atoms. The van der Waals surface area contributed by atoms with Gasteiger partial charge in [0.05, 0.1) is 0 Å². The van der Waals surface area contributed by atoms with Crippen molar-refractivity contribution in [1.82, 2.24) is 10.2 Å². The Hall–Kier alpha value is -3.22. The molecule has 1 heterocycles. The van der Waals surface area contributed by atoms with Crippen LogP contribution in [0.1, 0.15) is 0 Å². The summed E-state index contributed by atoms with van der Waals surface area (Å²) in [7, 11) is 0. The lowest BCUT2D eigenvalue weighted by Gasteiger charge is -2.04. The van der Waals surface area contributed by atoms with E-state index in [0.717, 1.165) is 0 Å². The molecule has 0 aliphatic carbocycles. The van der Waals surface area contributed by atoms with Crippen LogP contribution in [0.5, 0.6) is 5.75 Å². The van der Waals surface area contributed by atoms with E-state index < -0.39 is 11.7 Å². The smallest absolute Gasteiger partial charge is 0.322 e. The minimum atomic E-state index is -0.441. The Morgan fingerprint density at radius 2 is 1.96 bits per heavy atom. The molecule has 0 atom stereocenters. The molecule has 0 fully saturated rings. The molecule has 3 aromatic rings. The summed E-state index contributed by atoms with van der Waals surface area (Å²) in [6.45, 7) is -0.193. The van der Waals surface area contributed by atoms with Gasteiger partial charge in [-0.25, -0.2) is 4.39 Å². The van der Waals surface area contributed by atoms with Crippen molar-refractivity contribution in [2.75, 3.05) is 11.9 Å². The molecular weight excluding hydrogens is 301 g/mol. The third-order valence-corrected chi connectivity index (χ3v) is 2.86. The minimum Gasteiger partial charge on any atom is -0.484 e. The molecule has 0 unspecified atom stereocenters. The van der Waals surface area contributed by atoms with Crippen LogP contribution in [-0.2, 0) is 4.79 Å². The molecule has 6 nitrogen and oxygen atoms in total. The van der Waals surface area contributed by atoms with E-state index in [1.54, 1.807) is 30.3 Å². The largest absolute Gasteiger partial charge is 0.484 e. The number of benzene rings is 2. The van der Waals surface area contributed by atoms with E-state index in [2.05, 4.69) is 15.5 Å². The van der Waals surface area contributed by atoms with Gasteiger partial charge in [-0.05, 0) is 30.3 Å². The molecule has 0 bridgehead atoms. The quantitative estimate of drug-likeness (QED) is 0.783. The number of carbonyl (C=O) groups excluding carboxylic acids is 1. The van der Waals surface area contributed by atoms with Crippen LogP contribution in [0, 0.1) is 5.82 Å². The zero-order valence-electron chi connectivity index (χ0n) is 11.9. The topological polar surface area (TPSA) is 77.2 Å². The molecule has 1 N–H and O–H groups in total. The number of para-hydroxylation sites is 1. The van der Waals surface area contributed by atoms with Crippen molar-refractivity contribution >= 4 is 11.9 Å². The van der Waals surface area contributed by atoms with E-state index >= 15 is 0 Å². The standard InChI is InChI=1S/C16H12FN3O3/c17-12-6-4-5-11(9-12)15-19-20-16(23-15)18-14(21)10-22-13-7-2-1-3-8-13/h1-9H,10H2,(H,18,20,21).